The minimum Gasteiger partial charge on any atom is -0.394 e. The van der Waals surface area contributed by atoms with Gasteiger partial charge in [-0.05, 0) is 0 Å². The zero-order valence-corrected chi connectivity index (χ0v) is 12.6. The monoisotopic (exact) mass is 360 g/mol. The third kappa shape index (κ3) is 8.70. The van der Waals surface area contributed by atoms with Crippen LogP contribution in [0, 0.1) is 0 Å². The fourth-order valence-corrected chi connectivity index (χ4v) is 1.20. The van der Waals surface area contributed by atoms with Crippen LogP contribution < -0.4 is 0 Å². The molecule has 12 heteroatoms. The highest BCUT2D eigenvalue weighted by Crippen LogP contribution is 2.01. The molecule has 0 aliphatic carbocycles. The van der Waals surface area contributed by atoms with E-state index >= 15 is 0 Å². The van der Waals surface area contributed by atoms with Gasteiger partial charge in [0, 0.05) is 0 Å². The highest BCUT2D eigenvalue weighted by Gasteiger charge is 2.29. The molecule has 0 bridgehead atoms. The largest absolute Gasteiger partial charge is 0.394 e. The number of Topliss-reactive ketones (excluding diaryl/α,β-unsaturated/α-hetero) is 2. The summed E-state index contributed by atoms with van der Waals surface area (Å²) in [5.74, 6) is -2.01. The summed E-state index contributed by atoms with van der Waals surface area (Å²) in [5, 5.41) is 86.1. The molecule has 0 aromatic carbocycles. The first kappa shape index (κ1) is 25.2. The van der Waals surface area contributed by atoms with E-state index in [4.69, 9.17) is 51.1 Å². The maximum absolute atomic E-state index is 10.5. The van der Waals surface area contributed by atoms with Gasteiger partial charge in [0.25, 0.3) is 0 Å². The molecule has 0 amide bonds. The van der Waals surface area contributed by atoms with Gasteiger partial charge in [-0.25, -0.2) is 0 Å². The van der Waals surface area contributed by atoms with Crippen LogP contribution in [0.1, 0.15) is 0 Å². The molecule has 12 nitrogen and oxygen atoms in total. The van der Waals surface area contributed by atoms with E-state index in [1.54, 1.807) is 0 Å². The van der Waals surface area contributed by atoms with E-state index in [2.05, 4.69) is 0 Å². The van der Waals surface area contributed by atoms with Gasteiger partial charge in [0.05, 0.1) is 13.2 Å². The van der Waals surface area contributed by atoms with E-state index in [9.17, 15) is 9.59 Å². The Morgan fingerprint density at radius 1 is 0.583 bits per heavy atom. The van der Waals surface area contributed by atoms with Gasteiger partial charge in [-0.3, -0.25) is 9.59 Å². The predicted molar refractivity (Wildman–Crippen MR) is 74.4 cm³/mol. The van der Waals surface area contributed by atoms with E-state index in [1.165, 1.54) is 0 Å². The average Bonchev–Trinajstić information content (AvgIpc) is 2.62. The highest BCUT2D eigenvalue weighted by molar-refractivity contribution is 5.84. The average molecular weight is 360 g/mol. The number of hydrogen-bond donors (Lipinski definition) is 10. The number of rotatable bonds is 10. The maximum Gasteiger partial charge on any atom is 0.189 e. The van der Waals surface area contributed by atoms with Crippen LogP contribution >= 0.6 is 0 Å². The summed E-state index contributed by atoms with van der Waals surface area (Å²) < 4.78 is 0. The van der Waals surface area contributed by atoms with Gasteiger partial charge in [0.2, 0.25) is 0 Å². The second-order valence-electron chi connectivity index (χ2n) is 4.62. The van der Waals surface area contributed by atoms with Gasteiger partial charge < -0.3 is 51.1 Å². The molecule has 0 fully saturated rings. The van der Waals surface area contributed by atoms with Crippen molar-refractivity contribution in [1.82, 2.24) is 0 Å². The second kappa shape index (κ2) is 13.3. The third-order valence-corrected chi connectivity index (χ3v) is 2.78. The molecule has 0 saturated carbocycles. The van der Waals surface area contributed by atoms with E-state index in [0.717, 1.165) is 0 Å². The maximum atomic E-state index is 10.5. The van der Waals surface area contributed by atoms with E-state index in [0.29, 0.717) is 0 Å². The molecule has 10 N–H and O–H groups in total. The minimum atomic E-state index is -1.86. The molecule has 6 atom stereocenters. The van der Waals surface area contributed by atoms with Crippen LogP contribution in [-0.4, -0.2) is 126 Å². The van der Waals surface area contributed by atoms with Gasteiger partial charge in [0.1, 0.15) is 49.8 Å². The van der Waals surface area contributed by atoms with E-state index in [1.807, 2.05) is 0 Å². The topological polar surface area (TPSA) is 236 Å². The van der Waals surface area contributed by atoms with Crippen molar-refractivity contribution in [3.63, 3.8) is 0 Å². The Morgan fingerprint density at radius 3 is 1.00 bits per heavy atom. The molecular formula is C12H24O12. The van der Waals surface area contributed by atoms with Crippen molar-refractivity contribution in [2.24, 2.45) is 0 Å². The van der Waals surface area contributed by atoms with Crippen LogP contribution in [0.4, 0.5) is 0 Å². The standard InChI is InChI=1S/2C6H12O6/c2*7-1-3(9)5(11)6(12)4(10)2-8/h2*3,5-9,11-12H,1-2H2/t3-,5+,6-;3-,5-,6+/m11/s1. The molecular weight excluding hydrogens is 336 g/mol. The molecule has 24 heavy (non-hydrogen) atoms. The van der Waals surface area contributed by atoms with Crippen LogP contribution in [0.3, 0.4) is 0 Å². The molecule has 0 saturated heterocycles. The first-order chi connectivity index (χ1) is 11.1. The van der Waals surface area contributed by atoms with Crippen molar-refractivity contribution in [3.05, 3.63) is 0 Å². The Bertz CT molecular complexity index is 328. The summed E-state index contributed by atoms with van der Waals surface area (Å²) in [5.41, 5.74) is 0. The van der Waals surface area contributed by atoms with Gasteiger partial charge in [0.15, 0.2) is 11.6 Å². The van der Waals surface area contributed by atoms with Crippen molar-refractivity contribution < 1.29 is 60.7 Å². The molecule has 144 valence electrons. The number of aliphatic hydroxyl groups excluding tert-OH is 10. The normalized spacial score (nSPS) is 18.4. The number of aliphatic hydroxyl groups is 10. The zero-order valence-electron chi connectivity index (χ0n) is 12.6. The van der Waals surface area contributed by atoms with Crippen LogP contribution in [0.5, 0.6) is 0 Å². The molecule has 0 rings (SSSR count). The molecule has 0 spiro atoms. The van der Waals surface area contributed by atoms with Crippen LogP contribution in [-0.2, 0) is 9.59 Å². The zero-order chi connectivity index (χ0) is 19.4. The summed E-state index contributed by atoms with van der Waals surface area (Å²) in [6.45, 7) is -3.37. The number of ketones is 2. The molecule has 0 aliphatic heterocycles. The predicted octanol–water partition coefficient (Wildman–Crippen LogP) is -6.75. The van der Waals surface area contributed by atoms with Gasteiger partial charge in [-0.2, -0.15) is 0 Å². The lowest BCUT2D eigenvalue weighted by Gasteiger charge is -2.19. The molecule has 0 aromatic rings. The lowest BCUT2D eigenvalue weighted by Crippen LogP contribution is -2.44. The fraction of sp³-hybridized carbons (Fsp3) is 0.833. The van der Waals surface area contributed by atoms with Crippen LogP contribution in [0.2, 0.25) is 0 Å². The van der Waals surface area contributed by atoms with Crippen LogP contribution in [0.25, 0.3) is 0 Å². The van der Waals surface area contributed by atoms with Crippen LogP contribution in [0.15, 0.2) is 0 Å². The Labute approximate surface area is 136 Å². The van der Waals surface area contributed by atoms with Gasteiger partial charge >= 0.3 is 0 Å². The lowest BCUT2D eigenvalue weighted by molar-refractivity contribution is -0.143. The summed E-state index contributed by atoms with van der Waals surface area (Å²) in [6, 6.07) is 0. The molecule has 0 aliphatic rings. The lowest BCUT2D eigenvalue weighted by atomic mass is 10.1. The minimum absolute atomic E-state index is 0.767. The quantitative estimate of drug-likeness (QED) is 0.175. The van der Waals surface area contributed by atoms with Crippen molar-refractivity contribution in [2.75, 3.05) is 26.4 Å². The second-order valence-corrected chi connectivity index (χ2v) is 4.62. The van der Waals surface area contributed by atoms with Crippen molar-refractivity contribution in [2.45, 2.75) is 36.6 Å². The highest BCUT2D eigenvalue weighted by atomic mass is 16.4. The molecule has 0 heterocycles. The summed E-state index contributed by atoms with van der Waals surface area (Å²) in [4.78, 5) is 21.0. The van der Waals surface area contributed by atoms with Crippen molar-refractivity contribution in [3.8, 4) is 0 Å². The summed E-state index contributed by atoms with van der Waals surface area (Å²) in [7, 11) is 0. The number of hydrogen-bond acceptors (Lipinski definition) is 12. The Morgan fingerprint density at radius 2 is 0.833 bits per heavy atom. The Balaban J connectivity index is 0. The fourth-order valence-electron chi connectivity index (χ4n) is 1.20. The van der Waals surface area contributed by atoms with E-state index in [-0.39, 0.29) is 0 Å². The van der Waals surface area contributed by atoms with E-state index < -0.39 is 74.6 Å². The summed E-state index contributed by atoms with van der Waals surface area (Å²) in [6.07, 6.45) is -10.4. The Hall–Kier alpha value is -1.06. The van der Waals surface area contributed by atoms with Gasteiger partial charge in [-0.15, -0.1) is 0 Å². The van der Waals surface area contributed by atoms with Gasteiger partial charge in [-0.1, -0.05) is 0 Å². The van der Waals surface area contributed by atoms with Crippen molar-refractivity contribution in [1.29, 1.82) is 0 Å². The first-order valence-electron chi connectivity index (χ1n) is 6.66. The SMILES string of the molecule is O=C(CO)[C@@H](O)[C@@H](O)[C@H](O)CO.O=C(CO)[C@H](O)[C@H](O)[C@H](O)CO. The smallest absolute Gasteiger partial charge is 0.189 e. The first-order valence-corrected chi connectivity index (χ1v) is 6.66. The molecule has 0 radical (unpaired) electrons. The Kier molecular flexibility index (Phi) is 13.9. The summed E-state index contributed by atoms with van der Waals surface area (Å²) >= 11 is 0. The third-order valence-electron chi connectivity index (χ3n) is 2.78. The molecule has 0 unspecified atom stereocenters. The molecule has 0 aromatic heterocycles. The van der Waals surface area contributed by atoms with Crippen molar-refractivity contribution >= 4 is 11.6 Å². The number of carbonyl (C=O) groups is 2. The number of carbonyl (C=O) groups excluding carboxylic acids is 2.